The molecule has 1 saturated carbocycles. The van der Waals surface area contributed by atoms with E-state index >= 15 is 0 Å². The van der Waals surface area contributed by atoms with Gasteiger partial charge in [-0.3, -0.25) is 4.68 Å². The molecule has 0 saturated heterocycles. The molecule has 0 atom stereocenters. The fraction of sp³-hybridized carbons (Fsp3) is 0.786. The van der Waals surface area contributed by atoms with Crippen LogP contribution in [-0.4, -0.2) is 16.3 Å². The van der Waals surface area contributed by atoms with Crippen molar-refractivity contribution in [3.8, 4) is 0 Å². The summed E-state index contributed by atoms with van der Waals surface area (Å²) in [6.07, 6.45) is 7.41. The smallest absolute Gasteiger partial charge is 0.0624 e. The van der Waals surface area contributed by atoms with Crippen LogP contribution in [0.1, 0.15) is 50.9 Å². The summed E-state index contributed by atoms with van der Waals surface area (Å²) in [5.74, 6) is 0. The first-order valence-corrected chi connectivity index (χ1v) is 6.98. The maximum Gasteiger partial charge on any atom is 0.0624 e. The molecular formula is C14H25N3. The van der Waals surface area contributed by atoms with Gasteiger partial charge in [0.1, 0.15) is 0 Å². The van der Waals surface area contributed by atoms with Crippen LogP contribution in [0.3, 0.4) is 0 Å². The summed E-state index contributed by atoms with van der Waals surface area (Å²) in [6.45, 7) is 6.12. The van der Waals surface area contributed by atoms with Gasteiger partial charge in [-0.25, -0.2) is 0 Å². The lowest BCUT2D eigenvalue weighted by molar-refractivity contribution is 0.297. The van der Waals surface area contributed by atoms with Crippen molar-refractivity contribution in [3.63, 3.8) is 0 Å². The molecule has 2 rings (SSSR count). The van der Waals surface area contributed by atoms with Crippen molar-refractivity contribution in [1.82, 2.24) is 9.78 Å². The molecule has 1 aromatic rings. The van der Waals surface area contributed by atoms with Crippen LogP contribution in [0.4, 0.5) is 0 Å². The lowest BCUT2D eigenvalue weighted by Crippen LogP contribution is -2.30. The molecule has 2 N–H and O–H groups in total. The van der Waals surface area contributed by atoms with Crippen LogP contribution in [0.25, 0.3) is 0 Å². The number of rotatable bonds is 5. The summed E-state index contributed by atoms with van der Waals surface area (Å²) >= 11 is 0. The van der Waals surface area contributed by atoms with E-state index in [0.29, 0.717) is 5.41 Å². The minimum absolute atomic E-state index is 0.359. The van der Waals surface area contributed by atoms with E-state index in [9.17, 15) is 0 Å². The van der Waals surface area contributed by atoms with Gasteiger partial charge in [0, 0.05) is 12.2 Å². The lowest BCUT2D eigenvalue weighted by Gasteiger charge is -2.27. The van der Waals surface area contributed by atoms with Crippen LogP contribution < -0.4 is 5.73 Å². The SMILES string of the molecule is CCc1cc(CC2(CN)CCCC2)n(CC)n1. The Bertz CT molecular complexity index is 362. The Morgan fingerprint density at radius 1 is 1.35 bits per heavy atom. The van der Waals surface area contributed by atoms with E-state index in [4.69, 9.17) is 5.73 Å². The van der Waals surface area contributed by atoms with Gasteiger partial charge < -0.3 is 5.73 Å². The third-order valence-corrected chi connectivity index (χ3v) is 4.23. The maximum atomic E-state index is 6.02. The normalized spacial score (nSPS) is 18.8. The van der Waals surface area contributed by atoms with Gasteiger partial charge in [0.2, 0.25) is 0 Å². The Morgan fingerprint density at radius 3 is 2.59 bits per heavy atom. The fourth-order valence-corrected chi connectivity index (χ4v) is 3.07. The monoisotopic (exact) mass is 235 g/mol. The number of nitrogens with zero attached hydrogens (tertiary/aromatic N) is 2. The third kappa shape index (κ3) is 2.54. The molecule has 0 unspecified atom stereocenters. The third-order valence-electron chi connectivity index (χ3n) is 4.23. The van der Waals surface area contributed by atoms with Crippen molar-refractivity contribution in [2.24, 2.45) is 11.1 Å². The average molecular weight is 235 g/mol. The molecule has 0 bridgehead atoms. The second-order valence-electron chi connectivity index (χ2n) is 5.38. The number of hydrogen-bond donors (Lipinski definition) is 1. The largest absolute Gasteiger partial charge is 0.330 e. The van der Waals surface area contributed by atoms with Crippen molar-refractivity contribution in [1.29, 1.82) is 0 Å². The molecule has 1 fully saturated rings. The topological polar surface area (TPSA) is 43.8 Å². The standard InChI is InChI=1S/C14H25N3/c1-3-12-9-13(17(4-2)16-12)10-14(11-15)7-5-6-8-14/h9H,3-8,10-11,15H2,1-2H3. The molecule has 1 aliphatic rings. The van der Waals surface area contributed by atoms with Crippen molar-refractivity contribution < 1.29 is 0 Å². The van der Waals surface area contributed by atoms with Crippen molar-refractivity contribution in [3.05, 3.63) is 17.5 Å². The van der Waals surface area contributed by atoms with E-state index in [0.717, 1.165) is 25.9 Å². The average Bonchev–Trinajstić information content (AvgIpc) is 2.97. The molecule has 0 amide bonds. The zero-order valence-electron chi connectivity index (χ0n) is 11.2. The zero-order chi connectivity index (χ0) is 12.3. The fourth-order valence-electron chi connectivity index (χ4n) is 3.07. The van der Waals surface area contributed by atoms with Gasteiger partial charge in [0.25, 0.3) is 0 Å². The van der Waals surface area contributed by atoms with Crippen molar-refractivity contribution in [2.75, 3.05) is 6.54 Å². The first-order chi connectivity index (χ1) is 8.23. The number of hydrogen-bond acceptors (Lipinski definition) is 2. The number of aryl methyl sites for hydroxylation is 2. The highest BCUT2D eigenvalue weighted by molar-refractivity contribution is 5.13. The van der Waals surface area contributed by atoms with E-state index < -0.39 is 0 Å². The van der Waals surface area contributed by atoms with Crippen LogP contribution >= 0.6 is 0 Å². The van der Waals surface area contributed by atoms with E-state index in [1.54, 1.807) is 0 Å². The van der Waals surface area contributed by atoms with Gasteiger partial charge in [-0.2, -0.15) is 5.10 Å². The molecule has 0 aliphatic heterocycles. The van der Waals surface area contributed by atoms with Crippen LogP contribution in [0, 0.1) is 5.41 Å². The highest BCUT2D eigenvalue weighted by Gasteiger charge is 2.33. The Labute approximate surface area is 104 Å². The quantitative estimate of drug-likeness (QED) is 0.852. The lowest BCUT2D eigenvalue weighted by atomic mass is 9.81. The summed E-state index contributed by atoms with van der Waals surface area (Å²) in [5.41, 5.74) is 8.98. The van der Waals surface area contributed by atoms with Gasteiger partial charge >= 0.3 is 0 Å². The summed E-state index contributed by atoms with van der Waals surface area (Å²) in [5, 5.41) is 4.63. The Kier molecular flexibility index (Phi) is 3.87. The summed E-state index contributed by atoms with van der Waals surface area (Å²) < 4.78 is 2.16. The highest BCUT2D eigenvalue weighted by Crippen LogP contribution is 2.40. The molecule has 1 heterocycles. The highest BCUT2D eigenvalue weighted by atomic mass is 15.3. The minimum Gasteiger partial charge on any atom is -0.330 e. The number of nitrogens with two attached hydrogens (primary N) is 1. The predicted octanol–water partition coefficient (Wildman–Crippen LogP) is 2.53. The molecule has 17 heavy (non-hydrogen) atoms. The van der Waals surface area contributed by atoms with Crippen molar-refractivity contribution in [2.45, 2.75) is 58.9 Å². The molecule has 1 aromatic heterocycles. The first kappa shape index (κ1) is 12.6. The van der Waals surface area contributed by atoms with E-state index in [2.05, 4.69) is 29.7 Å². The molecule has 0 spiro atoms. The first-order valence-electron chi connectivity index (χ1n) is 6.98. The second-order valence-corrected chi connectivity index (χ2v) is 5.38. The van der Waals surface area contributed by atoms with E-state index in [1.165, 1.54) is 37.1 Å². The molecule has 0 radical (unpaired) electrons. The minimum atomic E-state index is 0.359. The molecule has 3 nitrogen and oxygen atoms in total. The number of aromatic nitrogens is 2. The summed E-state index contributed by atoms with van der Waals surface area (Å²) in [4.78, 5) is 0. The second kappa shape index (κ2) is 5.21. The Hall–Kier alpha value is -0.830. The predicted molar refractivity (Wildman–Crippen MR) is 70.9 cm³/mol. The van der Waals surface area contributed by atoms with E-state index in [1.807, 2.05) is 0 Å². The van der Waals surface area contributed by atoms with Crippen LogP contribution in [0.5, 0.6) is 0 Å². The molecule has 3 heteroatoms. The molecule has 96 valence electrons. The Balaban J connectivity index is 2.18. The van der Waals surface area contributed by atoms with Crippen LogP contribution in [0.2, 0.25) is 0 Å². The summed E-state index contributed by atoms with van der Waals surface area (Å²) in [6, 6.07) is 2.28. The van der Waals surface area contributed by atoms with Crippen molar-refractivity contribution >= 4 is 0 Å². The van der Waals surface area contributed by atoms with Gasteiger partial charge in [-0.15, -0.1) is 0 Å². The Morgan fingerprint density at radius 2 is 2.06 bits per heavy atom. The molecular weight excluding hydrogens is 210 g/mol. The van der Waals surface area contributed by atoms with Crippen LogP contribution in [-0.2, 0) is 19.4 Å². The van der Waals surface area contributed by atoms with Gasteiger partial charge in [0.15, 0.2) is 0 Å². The molecule has 0 aromatic carbocycles. The maximum absolute atomic E-state index is 6.02. The molecule has 1 aliphatic carbocycles. The zero-order valence-corrected chi connectivity index (χ0v) is 11.2. The van der Waals surface area contributed by atoms with Gasteiger partial charge in [-0.05, 0) is 50.6 Å². The van der Waals surface area contributed by atoms with Gasteiger partial charge in [0.05, 0.1) is 5.69 Å². The van der Waals surface area contributed by atoms with E-state index in [-0.39, 0.29) is 0 Å². The van der Waals surface area contributed by atoms with Crippen LogP contribution in [0.15, 0.2) is 6.07 Å². The summed E-state index contributed by atoms with van der Waals surface area (Å²) in [7, 11) is 0. The van der Waals surface area contributed by atoms with Gasteiger partial charge in [-0.1, -0.05) is 19.8 Å².